The Labute approximate surface area is 88.1 Å². The summed E-state index contributed by atoms with van der Waals surface area (Å²) in [5.41, 5.74) is 0.151. The van der Waals surface area contributed by atoms with Crippen molar-refractivity contribution in [3.05, 3.63) is 23.8 Å². The van der Waals surface area contributed by atoms with Crippen LogP contribution in [0.2, 0.25) is 0 Å². The minimum Gasteiger partial charge on any atom is -0.507 e. The molecule has 0 saturated carbocycles. The van der Waals surface area contributed by atoms with E-state index in [0.717, 1.165) is 0 Å². The van der Waals surface area contributed by atoms with Crippen LogP contribution in [-0.2, 0) is 0 Å². The molecule has 1 rings (SSSR count). The number of hydrogen-bond acceptors (Lipinski definition) is 4. The van der Waals surface area contributed by atoms with Crippen molar-refractivity contribution in [2.75, 3.05) is 6.61 Å². The van der Waals surface area contributed by atoms with E-state index < -0.39 is 6.10 Å². The first-order valence-corrected chi connectivity index (χ1v) is 4.66. The Bertz CT molecular complexity index is 358. The highest BCUT2D eigenvalue weighted by atomic mass is 16.5. The fraction of sp³-hybridized carbons (Fsp3) is 0.364. The Kier molecular flexibility index (Phi) is 3.68. The van der Waals surface area contributed by atoms with E-state index in [9.17, 15) is 9.90 Å². The molecule has 0 unspecified atom stereocenters. The number of Topliss-reactive ketones (excluding diaryl/α,β-unsaturated/α-hetero) is 1. The Morgan fingerprint density at radius 3 is 2.73 bits per heavy atom. The van der Waals surface area contributed by atoms with E-state index in [-0.39, 0.29) is 23.7 Å². The summed E-state index contributed by atoms with van der Waals surface area (Å²) in [7, 11) is 0. The molecule has 0 heterocycles. The molecule has 0 radical (unpaired) electrons. The monoisotopic (exact) mass is 210 g/mol. The van der Waals surface area contributed by atoms with Crippen LogP contribution in [0.3, 0.4) is 0 Å². The number of carbonyl (C=O) groups excluding carboxylic acids is 1. The lowest BCUT2D eigenvalue weighted by Gasteiger charge is -2.11. The lowest BCUT2D eigenvalue weighted by molar-refractivity contribution is 0.0992. The molecule has 0 bridgehead atoms. The molecule has 0 fully saturated rings. The lowest BCUT2D eigenvalue weighted by Crippen LogP contribution is -2.14. The third kappa shape index (κ3) is 2.95. The van der Waals surface area contributed by atoms with Gasteiger partial charge in [-0.1, -0.05) is 6.07 Å². The first-order valence-electron chi connectivity index (χ1n) is 4.66. The van der Waals surface area contributed by atoms with Gasteiger partial charge in [0.1, 0.15) is 23.7 Å². The normalized spacial score (nSPS) is 12.2. The van der Waals surface area contributed by atoms with Gasteiger partial charge in [0, 0.05) is 0 Å². The van der Waals surface area contributed by atoms with Crippen molar-refractivity contribution in [2.24, 2.45) is 0 Å². The molecule has 0 amide bonds. The third-order valence-corrected chi connectivity index (χ3v) is 1.84. The minimum absolute atomic E-state index is 0.0870. The zero-order valence-electron chi connectivity index (χ0n) is 8.73. The third-order valence-electron chi connectivity index (χ3n) is 1.84. The van der Waals surface area contributed by atoms with Crippen molar-refractivity contribution in [1.29, 1.82) is 0 Å². The highest BCUT2D eigenvalue weighted by Crippen LogP contribution is 2.27. The van der Waals surface area contributed by atoms with Crippen molar-refractivity contribution in [2.45, 2.75) is 20.0 Å². The zero-order valence-corrected chi connectivity index (χ0v) is 8.73. The SMILES string of the molecule is CC(=O)c1c(O)cccc1OC[C@@H](C)O. The molecule has 1 atom stereocenters. The molecular weight excluding hydrogens is 196 g/mol. The van der Waals surface area contributed by atoms with Gasteiger partial charge in [0.05, 0.1) is 6.10 Å². The summed E-state index contributed by atoms with van der Waals surface area (Å²) in [5.74, 6) is -0.0808. The summed E-state index contributed by atoms with van der Waals surface area (Å²) >= 11 is 0. The highest BCUT2D eigenvalue weighted by Gasteiger charge is 2.13. The summed E-state index contributed by atoms with van der Waals surface area (Å²) in [5, 5.41) is 18.5. The van der Waals surface area contributed by atoms with Gasteiger partial charge in [0.2, 0.25) is 0 Å². The molecule has 4 nitrogen and oxygen atoms in total. The van der Waals surface area contributed by atoms with Gasteiger partial charge in [0.15, 0.2) is 5.78 Å². The number of phenols is 1. The standard InChI is InChI=1S/C11H14O4/c1-7(12)6-15-10-5-3-4-9(14)11(10)8(2)13/h3-5,7,12,14H,6H2,1-2H3/t7-/m1/s1. The van der Waals surface area contributed by atoms with E-state index in [0.29, 0.717) is 5.75 Å². The number of benzene rings is 1. The number of rotatable bonds is 4. The Morgan fingerprint density at radius 2 is 2.20 bits per heavy atom. The maximum absolute atomic E-state index is 11.2. The van der Waals surface area contributed by atoms with Crippen LogP contribution in [0.5, 0.6) is 11.5 Å². The van der Waals surface area contributed by atoms with E-state index in [1.807, 2.05) is 0 Å². The summed E-state index contributed by atoms with van der Waals surface area (Å²) < 4.78 is 5.21. The zero-order chi connectivity index (χ0) is 11.4. The fourth-order valence-electron chi connectivity index (χ4n) is 1.20. The lowest BCUT2D eigenvalue weighted by atomic mass is 10.1. The van der Waals surface area contributed by atoms with E-state index in [4.69, 9.17) is 9.84 Å². The minimum atomic E-state index is -0.618. The van der Waals surface area contributed by atoms with Crippen LogP contribution >= 0.6 is 0 Å². The Hall–Kier alpha value is -1.55. The number of carbonyl (C=O) groups is 1. The van der Waals surface area contributed by atoms with E-state index >= 15 is 0 Å². The molecule has 0 aliphatic heterocycles. The van der Waals surface area contributed by atoms with Crippen LogP contribution in [0, 0.1) is 0 Å². The van der Waals surface area contributed by atoms with Crippen LogP contribution in [0.1, 0.15) is 24.2 Å². The largest absolute Gasteiger partial charge is 0.507 e. The van der Waals surface area contributed by atoms with Crippen LogP contribution in [-0.4, -0.2) is 28.7 Å². The molecule has 1 aromatic rings. The van der Waals surface area contributed by atoms with Crippen molar-refractivity contribution < 1.29 is 19.7 Å². The molecule has 15 heavy (non-hydrogen) atoms. The van der Waals surface area contributed by atoms with Crippen molar-refractivity contribution in [1.82, 2.24) is 0 Å². The van der Waals surface area contributed by atoms with E-state index in [1.54, 1.807) is 19.1 Å². The highest BCUT2D eigenvalue weighted by molar-refractivity contribution is 5.99. The van der Waals surface area contributed by atoms with Crippen LogP contribution in [0.4, 0.5) is 0 Å². The van der Waals surface area contributed by atoms with Crippen LogP contribution in [0.15, 0.2) is 18.2 Å². The average Bonchev–Trinajstić information content (AvgIpc) is 2.13. The van der Waals surface area contributed by atoms with Gasteiger partial charge in [-0.3, -0.25) is 4.79 Å². The number of aliphatic hydroxyl groups is 1. The summed E-state index contributed by atoms with van der Waals surface area (Å²) in [6, 6.07) is 4.59. The number of phenolic OH excluding ortho intramolecular Hbond substituents is 1. The molecule has 0 aromatic heterocycles. The second-order valence-electron chi connectivity index (χ2n) is 3.37. The Balaban J connectivity index is 2.96. The maximum Gasteiger partial charge on any atom is 0.167 e. The van der Waals surface area contributed by atoms with Crippen molar-refractivity contribution in [3.8, 4) is 11.5 Å². The van der Waals surface area contributed by atoms with Crippen LogP contribution in [0.25, 0.3) is 0 Å². The van der Waals surface area contributed by atoms with Crippen molar-refractivity contribution in [3.63, 3.8) is 0 Å². The second-order valence-corrected chi connectivity index (χ2v) is 3.37. The molecular formula is C11H14O4. The first-order chi connectivity index (χ1) is 7.02. The van der Waals surface area contributed by atoms with Gasteiger partial charge in [-0.15, -0.1) is 0 Å². The molecule has 0 aliphatic carbocycles. The molecule has 4 heteroatoms. The van der Waals surface area contributed by atoms with Gasteiger partial charge >= 0.3 is 0 Å². The molecule has 1 aromatic carbocycles. The second kappa shape index (κ2) is 4.79. The maximum atomic E-state index is 11.2. The smallest absolute Gasteiger partial charge is 0.167 e. The number of aromatic hydroxyl groups is 1. The van der Waals surface area contributed by atoms with Gasteiger partial charge in [-0.05, 0) is 26.0 Å². The molecule has 0 spiro atoms. The Morgan fingerprint density at radius 1 is 1.53 bits per heavy atom. The van der Waals surface area contributed by atoms with Gasteiger partial charge < -0.3 is 14.9 Å². The number of ketones is 1. The predicted molar refractivity (Wildman–Crippen MR) is 55.3 cm³/mol. The van der Waals surface area contributed by atoms with Crippen LogP contribution < -0.4 is 4.74 Å². The quantitative estimate of drug-likeness (QED) is 0.736. The topological polar surface area (TPSA) is 66.8 Å². The average molecular weight is 210 g/mol. The summed E-state index contributed by atoms with van der Waals surface area (Å²) in [4.78, 5) is 11.2. The van der Waals surface area contributed by atoms with Gasteiger partial charge in [-0.2, -0.15) is 0 Å². The summed E-state index contributed by atoms with van der Waals surface area (Å²) in [6.07, 6.45) is -0.618. The molecule has 82 valence electrons. The summed E-state index contributed by atoms with van der Waals surface area (Å²) in [6.45, 7) is 3.02. The van der Waals surface area contributed by atoms with Gasteiger partial charge in [-0.25, -0.2) is 0 Å². The van der Waals surface area contributed by atoms with Gasteiger partial charge in [0.25, 0.3) is 0 Å². The van der Waals surface area contributed by atoms with E-state index in [1.165, 1.54) is 13.0 Å². The number of hydrogen-bond donors (Lipinski definition) is 2. The fourth-order valence-corrected chi connectivity index (χ4v) is 1.20. The van der Waals surface area contributed by atoms with Crippen molar-refractivity contribution >= 4 is 5.78 Å². The molecule has 0 saturated heterocycles. The molecule has 2 N–H and O–H groups in total. The van der Waals surface area contributed by atoms with E-state index in [2.05, 4.69) is 0 Å². The molecule has 0 aliphatic rings. The number of ether oxygens (including phenoxy) is 1. The predicted octanol–water partition coefficient (Wildman–Crippen LogP) is 1.35. The first kappa shape index (κ1) is 11.5. The number of aliphatic hydroxyl groups excluding tert-OH is 1.